The van der Waals surface area contributed by atoms with Crippen molar-refractivity contribution in [3.05, 3.63) is 52.8 Å². The second-order valence-electron chi connectivity index (χ2n) is 8.27. The predicted octanol–water partition coefficient (Wildman–Crippen LogP) is 4.57. The third kappa shape index (κ3) is 4.90. The number of hydrogen-bond acceptors (Lipinski definition) is 2. The van der Waals surface area contributed by atoms with Crippen molar-refractivity contribution in [3.63, 3.8) is 0 Å². The molecule has 1 N–H and O–H groups in total. The van der Waals surface area contributed by atoms with Crippen molar-refractivity contribution in [2.24, 2.45) is 12.0 Å². The number of nitrogens with zero attached hydrogens (tertiary/aromatic N) is 4. The van der Waals surface area contributed by atoms with Crippen LogP contribution in [-0.4, -0.2) is 47.3 Å². The van der Waals surface area contributed by atoms with Gasteiger partial charge in [0.25, 0.3) is 0 Å². The number of likely N-dealkylation sites (tertiary alicyclic amines) is 1. The zero-order valence-electron chi connectivity index (χ0n) is 17.3. The molecule has 1 unspecified atom stereocenters. The number of rotatable bonds is 4. The quantitative estimate of drug-likeness (QED) is 0.360. The molecule has 2 aromatic rings. The van der Waals surface area contributed by atoms with E-state index in [1.807, 2.05) is 37.1 Å². The molecule has 1 aliphatic heterocycles. The Kier molecular flexibility index (Phi) is 7.48. The lowest BCUT2D eigenvalue weighted by molar-refractivity contribution is 0.412. The van der Waals surface area contributed by atoms with Crippen molar-refractivity contribution in [2.75, 3.05) is 26.7 Å². The van der Waals surface area contributed by atoms with Crippen molar-refractivity contribution in [1.82, 2.24) is 20.0 Å². The summed E-state index contributed by atoms with van der Waals surface area (Å²) in [4.78, 5) is 6.98. The Bertz CT molecular complexity index is 826. The molecule has 2 aliphatic rings. The first-order chi connectivity index (χ1) is 13.6. The van der Waals surface area contributed by atoms with Crippen LogP contribution in [0.3, 0.4) is 0 Å². The van der Waals surface area contributed by atoms with Gasteiger partial charge in [-0.1, -0.05) is 36.6 Å². The van der Waals surface area contributed by atoms with E-state index < -0.39 is 0 Å². The van der Waals surface area contributed by atoms with Gasteiger partial charge < -0.3 is 10.2 Å². The number of guanidine groups is 1. The summed E-state index contributed by atoms with van der Waals surface area (Å²) in [6, 6.07) is 8.44. The Balaban J connectivity index is 0.00000240. The van der Waals surface area contributed by atoms with E-state index in [0.717, 1.165) is 37.0 Å². The molecule has 2 fully saturated rings. The molecule has 1 aromatic carbocycles. The van der Waals surface area contributed by atoms with Gasteiger partial charge in [0.1, 0.15) is 0 Å². The van der Waals surface area contributed by atoms with Crippen LogP contribution in [0.5, 0.6) is 0 Å². The maximum atomic E-state index is 6.12. The van der Waals surface area contributed by atoms with Crippen LogP contribution in [0.25, 0.3) is 0 Å². The highest BCUT2D eigenvalue weighted by molar-refractivity contribution is 14.0. The van der Waals surface area contributed by atoms with Gasteiger partial charge in [-0.05, 0) is 42.5 Å². The largest absolute Gasteiger partial charge is 0.355 e. The molecule has 158 valence electrons. The first-order valence-corrected chi connectivity index (χ1v) is 10.7. The highest BCUT2D eigenvalue weighted by atomic mass is 127. The lowest BCUT2D eigenvalue weighted by Crippen LogP contribution is -2.46. The summed E-state index contributed by atoms with van der Waals surface area (Å²) in [5, 5.41) is 8.84. The molecule has 5 nitrogen and oxygen atoms in total. The number of hydrogen-bond donors (Lipinski definition) is 1. The topological polar surface area (TPSA) is 45.5 Å². The van der Waals surface area contributed by atoms with Crippen LogP contribution in [0.15, 0.2) is 41.7 Å². The summed E-state index contributed by atoms with van der Waals surface area (Å²) in [5.41, 5.74) is 2.91. The molecule has 4 rings (SSSR count). The lowest BCUT2D eigenvalue weighted by atomic mass is 9.79. The Morgan fingerprint density at radius 1 is 1.28 bits per heavy atom. The maximum Gasteiger partial charge on any atom is 0.193 e. The Morgan fingerprint density at radius 3 is 2.62 bits per heavy atom. The molecule has 1 aromatic heterocycles. The summed E-state index contributed by atoms with van der Waals surface area (Å²) in [6.45, 7) is 2.96. The average molecular weight is 528 g/mol. The van der Waals surface area contributed by atoms with Gasteiger partial charge in [-0.15, -0.1) is 24.0 Å². The first kappa shape index (κ1) is 22.4. The minimum absolute atomic E-state index is 0. The van der Waals surface area contributed by atoms with Crippen LogP contribution in [0, 0.1) is 0 Å². The zero-order valence-corrected chi connectivity index (χ0v) is 20.4. The van der Waals surface area contributed by atoms with Gasteiger partial charge in [-0.3, -0.25) is 9.67 Å². The fraction of sp³-hybridized carbons (Fsp3) is 0.545. The number of nitrogens with one attached hydrogen (secondary N) is 1. The van der Waals surface area contributed by atoms with Gasteiger partial charge in [0.15, 0.2) is 5.96 Å². The highest BCUT2D eigenvalue weighted by Crippen LogP contribution is 2.41. The fourth-order valence-corrected chi connectivity index (χ4v) is 5.00. The minimum Gasteiger partial charge on any atom is -0.355 e. The first-order valence-electron chi connectivity index (χ1n) is 10.3. The molecular formula is C22H31ClIN5. The third-order valence-corrected chi connectivity index (χ3v) is 6.75. The van der Waals surface area contributed by atoms with Crippen LogP contribution in [-0.2, 0) is 12.5 Å². The standard InChI is InChI=1S/C22H30ClN5.HI/c1-24-21(28-12-9-17(15-28)18-13-26-27(2)14-18)25-16-22(10-3-4-11-22)19-5-7-20(23)8-6-19;/h5-8,13-14,17H,3-4,9-12,15-16H2,1-2H3,(H,24,25);1H. The number of aryl methyl sites for hydroxylation is 1. The number of aromatic nitrogens is 2. The molecule has 1 aliphatic carbocycles. The van der Waals surface area contributed by atoms with E-state index in [4.69, 9.17) is 11.6 Å². The van der Waals surface area contributed by atoms with E-state index >= 15 is 0 Å². The molecule has 0 radical (unpaired) electrons. The van der Waals surface area contributed by atoms with Gasteiger partial charge in [-0.2, -0.15) is 5.10 Å². The smallest absolute Gasteiger partial charge is 0.193 e. The summed E-state index contributed by atoms with van der Waals surface area (Å²) in [6.07, 6.45) is 10.3. The van der Waals surface area contributed by atoms with Crippen molar-refractivity contribution < 1.29 is 0 Å². The maximum absolute atomic E-state index is 6.12. The van der Waals surface area contributed by atoms with Crippen LogP contribution in [0.4, 0.5) is 0 Å². The second kappa shape index (κ2) is 9.69. The number of halogens is 2. The monoisotopic (exact) mass is 527 g/mol. The van der Waals surface area contributed by atoms with Gasteiger partial charge in [-0.25, -0.2) is 0 Å². The summed E-state index contributed by atoms with van der Waals surface area (Å²) < 4.78 is 1.89. The molecule has 0 amide bonds. The van der Waals surface area contributed by atoms with E-state index in [0.29, 0.717) is 5.92 Å². The normalized spacial score (nSPS) is 21.3. The average Bonchev–Trinajstić information content (AvgIpc) is 3.44. The Labute approximate surface area is 195 Å². The molecule has 1 atom stereocenters. The molecule has 0 bridgehead atoms. The second-order valence-corrected chi connectivity index (χ2v) is 8.71. The van der Waals surface area contributed by atoms with E-state index in [1.54, 1.807) is 0 Å². The molecule has 2 heterocycles. The van der Waals surface area contributed by atoms with Crippen LogP contribution >= 0.6 is 35.6 Å². The molecule has 7 heteroatoms. The van der Waals surface area contributed by atoms with Gasteiger partial charge >= 0.3 is 0 Å². The summed E-state index contributed by atoms with van der Waals surface area (Å²) >= 11 is 6.12. The van der Waals surface area contributed by atoms with Gasteiger partial charge in [0, 0.05) is 56.3 Å². The minimum atomic E-state index is 0. The van der Waals surface area contributed by atoms with Crippen molar-refractivity contribution in [1.29, 1.82) is 0 Å². The molecule has 1 saturated heterocycles. The molecule has 0 spiro atoms. The number of aliphatic imine (C=N–C) groups is 1. The van der Waals surface area contributed by atoms with E-state index in [2.05, 4.69) is 38.6 Å². The fourth-order valence-electron chi connectivity index (χ4n) is 4.88. The Morgan fingerprint density at radius 2 is 2.00 bits per heavy atom. The zero-order chi connectivity index (χ0) is 19.6. The number of benzene rings is 1. The van der Waals surface area contributed by atoms with Crippen molar-refractivity contribution >= 4 is 41.5 Å². The predicted molar refractivity (Wildman–Crippen MR) is 131 cm³/mol. The lowest BCUT2D eigenvalue weighted by Gasteiger charge is -2.32. The summed E-state index contributed by atoms with van der Waals surface area (Å²) in [5.74, 6) is 1.55. The van der Waals surface area contributed by atoms with Crippen LogP contribution in [0.1, 0.15) is 49.1 Å². The molecule has 1 saturated carbocycles. The third-order valence-electron chi connectivity index (χ3n) is 6.50. The van der Waals surface area contributed by atoms with Crippen molar-refractivity contribution in [3.8, 4) is 0 Å². The SMILES string of the molecule is CN=C(NCC1(c2ccc(Cl)cc2)CCCC1)N1CCC(c2cnn(C)c2)C1.I. The van der Waals surface area contributed by atoms with Gasteiger partial charge in [0.2, 0.25) is 0 Å². The highest BCUT2D eigenvalue weighted by Gasteiger charge is 2.36. The van der Waals surface area contributed by atoms with E-state index in [-0.39, 0.29) is 29.4 Å². The van der Waals surface area contributed by atoms with Crippen LogP contribution < -0.4 is 5.32 Å². The van der Waals surface area contributed by atoms with Crippen molar-refractivity contribution in [2.45, 2.75) is 43.4 Å². The van der Waals surface area contributed by atoms with Crippen LogP contribution in [0.2, 0.25) is 5.02 Å². The molecular weight excluding hydrogens is 497 g/mol. The molecule has 29 heavy (non-hydrogen) atoms. The van der Waals surface area contributed by atoms with E-state index in [9.17, 15) is 0 Å². The summed E-state index contributed by atoms with van der Waals surface area (Å²) in [7, 11) is 3.87. The Hall–Kier alpha value is -1.28. The van der Waals surface area contributed by atoms with Gasteiger partial charge in [0.05, 0.1) is 6.20 Å². The van der Waals surface area contributed by atoms with E-state index in [1.165, 1.54) is 36.8 Å².